The van der Waals surface area contributed by atoms with E-state index in [1.807, 2.05) is 18.2 Å². The summed E-state index contributed by atoms with van der Waals surface area (Å²) in [5, 5.41) is 3.54. The molecule has 1 saturated heterocycles. The summed E-state index contributed by atoms with van der Waals surface area (Å²) >= 11 is 1.39. The molecule has 0 atom stereocenters. The molecule has 2 amide bonds. The Balaban J connectivity index is 1.35. The van der Waals surface area contributed by atoms with Gasteiger partial charge in [-0.1, -0.05) is 42.5 Å². The number of hydrogen-bond acceptors (Lipinski definition) is 5. The number of nitrogens with one attached hydrogen (secondary N) is 1. The van der Waals surface area contributed by atoms with Gasteiger partial charge in [-0.25, -0.2) is 14.2 Å². The Morgan fingerprint density at radius 1 is 1.03 bits per heavy atom. The van der Waals surface area contributed by atoms with E-state index in [-0.39, 0.29) is 11.7 Å². The minimum atomic E-state index is -0.433. The number of benzene rings is 2. The van der Waals surface area contributed by atoms with E-state index >= 15 is 0 Å². The van der Waals surface area contributed by atoms with Gasteiger partial charge in [0.15, 0.2) is 0 Å². The molecule has 1 aliphatic heterocycles. The third-order valence-corrected chi connectivity index (χ3v) is 5.65. The molecule has 0 bridgehead atoms. The monoisotopic (exact) mass is 411 g/mol. The van der Waals surface area contributed by atoms with Crippen LogP contribution < -0.4 is 10.2 Å². The molecule has 0 saturated carbocycles. The van der Waals surface area contributed by atoms with Gasteiger partial charge in [-0.05, 0) is 24.1 Å². The van der Waals surface area contributed by atoms with E-state index in [0.29, 0.717) is 26.1 Å². The van der Waals surface area contributed by atoms with Gasteiger partial charge in [0.2, 0.25) is 5.13 Å². The number of carbonyl (C=O) groups is 1. The molecule has 2 heterocycles. The average molecular weight is 412 g/mol. The molecule has 6 nitrogen and oxygen atoms in total. The molecular formula is C21H22FN5OS. The summed E-state index contributed by atoms with van der Waals surface area (Å²) in [7, 11) is 0. The van der Waals surface area contributed by atoms with Crippen molar-refractivity contribution in [2.75, 3.05) is 36.4 Å². The zero-order chi connectivity index (χ0) is 20.1. The average Bonchev–Trinajstić information content (AvgIpc) is 3.05. The van der Waals surface area contributed by atoms with Gasteiger partial charge in [-0.15, -0.1) is 0 Å². The third kappa shape index (κ3) is 4.89. The van der Waals surface area contributed by atoms with Crippen LogP contribution in [0.25, 0.3) is 0 Å². The van der Waals surface area contributed by atoms with Gasteiger partial charge in [0.1, 0.15) is 11.6 Å². The van der Waals surface area contributed by atoms with Crippen LogP contribution >= 0.6 is 11.5 Å². The number of para-hydroxylation sites is 1. The van der Waals surface area contributed by atoms with Crippen molar-refractivity contribution in [3.05, 3.63) is 71.8 Å². The number of nitrogens with zero attached hydrogens (tertiary/aromatic N) is 4. The lowest BCUT2D eigenvalue weighted by atomic mass is 10.1. The van der Waals surface area contributed by atoms with Gasteiger partial charge in [-0.3, -0.25) is 0 Å². The summed E-state index contributed by atoms with van der Waals surface area (Å²) in [6.45, 7) is 2.65. The van der Waals surface area contributed by atoms with E-state index in [0.717, 1.165) is 23.9 Å². The third-order valence-electron chi connectivity index (χ3n) is 4.83. The molecule has 0 radical (unpaired) electrons. The van der Waals surface area contributed by atoms with Crippen LogP contribution in [0.1, 0.15) is 17.8 Å². The minimum absolute atomic E-state index is 0.202. The molecule has 150 valence electrons. The van der Waals surface area contributed by atoms with E-state index in [4.69, 9.17) is 0 Å². The highest BCUT2D eigenvalue weighted by molar-refractivity contribution is 7.09. The molecule has 8 heteroatoms. The number of rotatable bonds is 4. The van der Waals surface area contributed by atoms with Gasteiger partial charge in [0.05, 0.1) is 5.69 Å². The standard InChI is InChI=1S/C21H22FN5OS/c22-17-9-4-5-10-18(17)23-20(28)26-11-6-12-27(14-13-26)21-24-19(25-29-21)15-16-7-2-1-3-8-16/h1-5,7-10H,6,11-15H2,(H,23,28). The number of anilines is 2. The van der Waals surface area contributed by atoms with Gasteiger partial charge in [0.25, 0.3) is 0 Å². The lowest BCUT2D eigenvalue weighted by molar-refractivity contribution is 0.215. The first-order valence-corrected chi connectivity index (χ1v) is 10.4. The van der Waals surface area contributed by atoms with Crippen LogP contribution in [-0.2, 0) is 6.42 Å². The van der Waals surface area contributed by atoms with Crippen molar-refractivity contribution in [1.82, 2.24) is 14.3 Å². The topological polar surface area (TPSA) is 61.4 Å². The second-order valence-electron chi connectivity index (χ2n) is 6.89. The summed E-state index contributed by atoms with van der Waals surface area (Å²) in [6, 6.07) is 16.1. The van der Waals surface area contributed by atoms with Crippen LogP contribution in [0.2, 0.25) is 0 Å². The molecule has 1 aliphatic rings. The van der Waals surface area contributed by atoms with Crippen molar-refractivity contribution in [2.24, 2.45) is 0 Å². The zero-order valence-electron chi connectivity index (χ0n) is 15.9. The van der Waals surface area contributed by atoms with Crippen molar-refractivity contribution in [3.63, 3.8) is 0 Å². The van der Waals surface area contributed by atoms with E-state index in [1.165, 1.54) is 23.2 Å². The van der Waals surface area contributed by atoms with Gasteiger partial charge in [0, 0.05) is 44.1 Å². The Bertz CT molecular complexity index is 964. The number of urea groups is 1. The van der Waals surface area contributed by atoms with Gasteiger partial charge >= 0.3 is 6.03 Å². The normalized spacial score (nSPS) is 14.5. The lowest BCUT2D eigenvalue weighted by Gasteiger charge is -2.22. The summed E-state index contributed by atoms with van der Waals surface area (Å²) in [5.74, 6) is 0.381. The van der Waals surface area contributed by atoms with E-state index in [2.05, 4.69) is 31.7 Å². The van der Waals surface area contributed by atoms with Crippen LogP contribution in [0.15, 0.2) is 54.6 Å². The fourth-order valence-electron chi connectivity index (χ4n) is 3.29. The fourth-order valence-corrected chi connectivity index (χ4v) is 4.03. The van der Waals surface area contributed by atoms with Crippen LogP contribution in [0, 0.1) is 5.82 Å². The first-order chi connectivity index (χ1) is 14.2. The van der Waals surface area contributed by atoms with E-state index in [1.54, 1.807) is 23.1 Å². The number of amides is 2. The molecular weight excluding hydrogens is 389 g/mol. The van der Waals surface area contributed by atoms with Crippen LogP contribution in [0.3, 0.4) is 0 Å². The molecule has 3 aromatic rings. The van der Waals surface area contributed by atoms with Gasteiger partial charge < -0.3 is 15.1 Å². The fraction of sp³-hybridized carbons (Fsp3) is 0.286. The molecule has 0 unspecified atom stereocenters. The highest BCUT2D eigenvalue weighted by atomic mass is 32.1. The second-order valence-corrected chi connectivity index (χ2v) is 7.62. The molecule has 4 rings (SSSR count). The smallest absolute Gasteiger partial charge is 0.321 e. The molecule has 1 N–H and O–H groups in total. The Morgan fingerprint density at radius 2 is 1.83 bits per heavy atom. The molecule has 0 spiro atoms. The van der Waals surface area contributed by atoms with Crippen LogP contribution in [-0.4, -0.2) is 46.5 Å². The van der Waals surface area contributed by atoms with Crippen molar-refractivity contribution >= 4 is 28.4 Å². The van der Waals surface area contributed by atoms with E-state index < -0.39 is 5.82 Å². The predicted octanol–water partition coefficient (Wildman–Crippen LogP) is 4.01. The Morgan fingerprint density at radius 3 is 2.66 bits per heavy atom. The maximum atomic E-state index is 13.8. The molecule has 29 heavy (non-hydrogen) atoms. The maximum Gasteiger partial charge on any atom is 0.321 e. The highest BCUT2D eigenvalue weighted by Crippen LogP contribution is 2.21. The summed E-state index contributed by atoms with van der Waals surface area (Å²) < 4.78 is 18.3. The van der Waals surface area contributed by atoms with Crippen LogP contribution in [0.5, 0.6) is 0 Å². The molecule has 2 aromatic carbocycles. The first kappa shape index (κ1) is 19.3. The Kier molecular flexibility index (Phi) is 6.00. The first-order valence-electron chi connectivity index (χ1n) is 9.61. The predicted molar refractivity (Wildman–Crippen MR) is 113 cm³/mol. The summed E-state index contributed by atoms with van der Waals surface area (Å²) in [5.41, 5.74) is 1.39. The number of hydrogen-bond donors (Lipinski definition) is 1. The van der Waals surface area contributed by atoms with Gasteiger partial charge in [-0.2, -0.15) is 4.37 Å². The molecule has 1 aromatic heterocycles. The van der Waals surface area contributed by atoms with Crippen molar-refractivity contribution in [1.29, 1.82) is 0 Å². The zero-order valence-corrected chi connectivity index (χ0v) is 16.7. The summed E-state index contributed by atoms with van der Waals surface area (Å²) in [4.78, 5) is 21.1. The maximum absolute atomic E-state index is 13.8. The molecule has 0 aliphatic carbocycles. The quantitative estimate of drug-likeness (QED) is 0.705. The summed E-state index contributed by atoms with van der Waals surface area (Å²) in [6.07, 6.45) is 1.53. The lowest BCUT2D eigenvalue weighted by Crippen LogP contribution is -2.38. The number of aromatic nitrogens is 2. The van der Waals surface area contributed by atoms with Crippen LogP contribution in [0.4, 0.5) is 20.0 Å². The van der Waals surface area contributed by atoms with E-state index in [9.17, 15) is 9.18 Å². The number of carbonyl (C=O) groups excluding carboxylic acids is 1. The van der Waals surface area contributed by atoms with Crippen molar-refractivity contribution in [3.8, 4) is 0 Å². The number of halogens is 1. The Labute approximate surface area is 173 Å². The Hall–Kier alpha value is -3.00. The van der Waals surface area contributed by atoms with Crippen molar-refractivity contribution in [2.45, 2.75) is 12.8 Å². The second kappa shape index (κ2) is 9.00. The highest BCUT2D eigenvalue weighted by Gasteiger charge is 2.22. The SMILES string of the molecule is O=C(Nc1ccccc1F)N1CCCN(c2nc(Cc3ccccc3)ns2)CC1. The minimum Gasteiger partial charge on any atom is -0.345 e. The molecule has 1 fully saturated rings. The van der Waals surface area contributed by atoms with Crippen molar-refractivity contribution < 1.29 is 9.18 Å². The largest absolute Gasteiger partial charge is 0.345 e.